The highest BCUT2D eigenvalue weighted by atomic mass is 35.5. The van der Waals surface area contributed by atoms with Gasteiger partial charge in [0.15, 0.2) is 10.8 Å². The van der Waals surface area contributed by atoms with Crippen molar-refractivity contribution in [3.8, 4) is 0 Å². The van der Waals surface area contributed by atoms with Crippen LogP contribution in [0.15, 0.2) is 42.7 Å². The normalized spacial score (nSPS) is 17.0. The lowest BCUT2D eigenvalue weighted by Crippen LogP contribution is -2.57. The van der Waals surface area contributed by atoms with E-state index in [0.29, 0.717) is 23.7 Å². The van der Waals surface area contributed by atoms with Crippen LogP contribution >= 0.6 is 22.9 Å². The Morgan fingerprint density at radius 2 is 2.14 bits per heavy atom. The van der Waals surface area contributed by atoms with Gasteiger partial charge in [0.2, 0.25) is 0 Å². The third kappa shape index (κ3) is 2.17. The summed E-state index contributed by atoms with van der Waals surface area (Å²) in [7, 11) is 0. The lowest BCUT2D eigenvalue weighted by molar-refractivity contribution is 0.119. The van der Waals surface area contributed by atoms with E-state index in [-0.39, 0.29) is 0 Å². The number of hydrogen-bond donors (Lipinski definition) is 0. The van der Waals surface area contributed by atoms with E-state index in [2.05, 4.69) is 9.97 Å². The highest BCUT2D eigenvalue weighted by molar-refractivity contribution is 7.22. The van der Waals surface area contributed by atoms with E-state index in [1.807, 2.05) is 23.1 Å². The predicted molar refractivity (Wildman–Crippen MR) is 83.9 cm³/mol. The van der Waals surface area contributed by atoms with Crippen LogP contribution in [0.5, 0.6) is 0 Å². The van der Waals surface area contributed by atoms with Crippen LogP contribution < -0.4 is 4.90 Å². The lowest BCUT2D eigenvalue weighted by atomic mass is 9.90. The summed E-state index contributed by atoms with van der Waals surface area (Å²) >= 11 is 7.52. The minimum Gasteiger partial charge on any atom is -0.341 e. The predicted octanol–water partition coefficient (Wildman–Crippen LogP) is 4.03. The van der Waals surface area contributed by atoms with Crippen molar-refractivity contribution in [2.24, 2.45) is 0 Å². The van der Waals surface area contributed by atoms with Crippen LogP contribution in [0, 0.1) is 0 Å². The number of alkyl halides is 1. The molecule has 0 spiro atoms. The summed E-state index contributed by atoms with van der Waals surface area (Å²) in [5.74, 6) is 0. The van der Waals surface area contributed by atoms with Crippen LogP contribution in [0.1, 0.15) is 5.56 Å². The fourth-order valence-corrected chi connectivity index (χ4v) is 3.77. The molecule has 3 nitrogen and oxygen atoms in total. The van der Waals surface area contributed by atoms with Crippen molar-refractivity contribution in [3.63, 3.8) is 0 Å². The van der Waals surface area contributed by atoms with E-state index in [1.54, 1.807) is 24.5 Å². The molecule has 3 aromatic rings. The highest BCUT2D eigenvalue weighted by Gasteiger charge is 2.46. The molecule has 0 unspecified atom stereocenters. The van der Waals surface area contributed by atoms with Crippen LogP contribution in [0.3, 0.4) is 0 Å². The van der Waals surface area contributed by atoms with E-state index in [0.717, 1.165) is 15.3 Å². The largest absolute Gasteiger partial charge is 0.341 e. The van der Waals surface area contributed by atoms with Gasteiger partial charge in [-0.25, -0.2) is 9.37 Å². The molecule has 1 saturated heterocycles. The maximum absolute atomic E-state index is 14.8. The molecule has 0 amide bonds. The van der Waals surface area contributed by atoms with Gasteiger partial charge in [-0.05, 0) is 24.3 Å². The summed E-state index contributed by atoms with van der Waals surface area (Å²) < 4.78 is 15.8. The number of fused-ring (bicyclic) bond motifs is 1. The van der Waals surface area contributed by atoms with Gasteiger partial charge in [-0.1, -0.05) is 29.0 Å². The summed E-state index contributed by atoms with van der Waals surface area (Å²) in [6, 6.07) is 9.14. The zero-order valence-electron chi connectivity index (χ0n) is 11.0. The number of pyridine rings is 1. The summed E-state index contributed by atoms with van der Waals surface area (Å²) in [5, 5.41) is 1.53. The number of hydrogen-bond acceptors (Lipinski definition) is 4. The van der Waals surface area contributed by atoms with Gasteiger partial charge in [0.1, 0.15) is 0 Å². The number of thiazole rings is 1. The van der Waals surface area contributed by atoms with E-state index in [4.69, 9.17) is 11.6 Å². The molecule has 0 bridgehead atoms. The summed E-state index contributed by atoms with van der Waals surface area (Å²) in [6.45, 7) is 0.624. The Balaban J connectivity index is 1.59. The molecule has 0 saturated carbocycles. The van der Waals surface area contributed by atoms with Crippen molar-refractivity contribution < 1.29 is 4.39 Å². The molecule has 0 aliphatic carbocycles. The van der Waals surface area contributed by atoms with Crippen LogP contribution in [0.4, 0.5) is 9.52 Å². The number of nitrogens with zero attached hydrogens (tertiary/aromatic N) is 3. The van der Waals surface area contributed by atoms with Crippen molar-refractivity contribution in [1.82, 2.24) is 9.97 Å². The number of rotatable bonds is 2. The van der Waals surface area contributed by atoms with E-state index >= 15 is 0 Å². The van der Waals surface area contributed by atoms with Gasteiger partial charge >= 0.3 is 0 Å². The van der Waals surface area contributed by atoms with E-state index in [9.17, 15) is 4.39 Å². The highest BCUT2D eigenvalue weighted by Crippen LogP contribution is 2.41. The second-order valence-corrected chi connectivity index (χ2v) is 6.62. The molecular weight excluding hydrogens is 309 g/mol. The molecule has 2 aromatic heterocycles. The van der Waals surface area contributed by atoms with Crippen molar-refractivity contribution in [2.45, 2.75) is 5.67 Å². The zero-order chi connectivity index (χ0) is 14.4. The van der Waals surface area contributed by atoms with Gasteiger partial charge in [0.25, 0.3) is 0 Å². The molecule has 0 radical (unpaired) electrons. The minimum absolute atomic E-state index is 0.312. The maximum atomic E-state index is 14.8. The van der Waals surface area contributed by atoms with Crippen LogP contribution in [-0.4, -0.2) is 23.1 Å². The Morgan fingerprint density at radius 3 is 2.90 bits per heavy atom. The second kappa shape index (κ2) is 4.64. The van der Waals surface area contributed by atoms with Gasteiger partial charge in [-0.3, -0.25) is 4.98 Å². The number of halogens is 2. The SMILES string of the molecule is FC1(c2cccnc2)CN(c2nc3ccc(Cl)cc3s2)C1. The smallest absolute Gasteiger partial charge is 0.186 e. The first kappa shape index (κ1) is 13.0. The molecule has 6 heteroatoms. The topological polar surface area (TPSA) is 29.0 Å². The lowest BCUT2D eigenvalue weighted by Gasteiger charge is -2.44. The Labute approximate surface area is 130 Å². The molecule has 21 heavy (non-hydrogen) atoms. The fourth-order valence-electron chi connectivity index (χ4n) is 2.53. The van der Waals surface area contributed by atoms with Crippen molar-refractivity contribution in [3.05, 3.63) is 53.3 Å². The molecular formula is C15H11ClFN3S. The van der Waals surface area contributed by atoms with Gasteiger partial charge in [-0.2, -0.15) is 0 Å². The monoisotopic (exact) mass is 319 g/mol. The third-order valence-corrected chi connectivity index (χ3v) is 4.99. The molecule has 4 rings (SSSR count). The van der Waals surface area contributed by atoms with Crippen LogP contribution in [0.25, 0.3) is 10.2 Å². The molecule has 1 aliphatic heterocycles. The van der Waals surface area contributed by atoms with Gasteiger partial charge in [0, 0.05) is 23.0 Å². The Kier molecular flexibility index (Phi) is 2.87. The molecule has 1 fully saturated rings. The first-order valence-corrected chi connectivity index (χ1v) is 7.74. The van der Waals surface area contributed by atoms with Crippen LogP contribution in [-0.2, 0) is 5.67 Å². The molecule has 3 heterocycles. The quantitative estimate of drug-likeness (QED) is 0.714. The summed E-state index contributed by atoms with van der Waals surface area (Å²) in [5.41, 5.74) is 0.201. The van der Waals surface area contributed by atoms with E-state index < -0.39 is 5.67 Å². The summed E-state index contributed by atoms with van der Waals surface area (Å²) in [6.07, 6.45) is 3.25. The minimum atomic E-state index is -1.33. The maximum Gasteiger partial charge on any atom is 0.186 e. The fraction of sp³-hybridized carbons (Fsp3) is 0.200. The first-order valence-electron chi connectivity index (χ1n) is 6.55. The van der Waals surface area contributed by atoms with Gasteiger partial charge in [-0.15, -0.1) is 0 Å². The second-order valence-electron chi connectivity index (χ2n) is 5.17. The van der Waals surface area contributed by atoms with Gasteiger partial charge < -0.3 is 4.90 Å². The Bertz CT molecular complexity index is 799. The zero-order valence-corrected chi connectivity index (χ0v) is 12.5. The van der Waals surface area contributed by atoms with E-state index in [1.165, 1.54) is 11.3 Å². The van der Waals surface area contributed by atoms with Crippen molar-refractivity contribution >= 4 is 38.3 Å². The number of benzene rings is 1. The Morgan fingerprint density at radius 1 is 1.29 bits per heavy atom. The number of anilines is 1. The van der Waals surface area contributed by atoms with Crippen molar-refractivity contribution in [1.29, 1.82) is 0 Å². The average molecular weight is 320 g/mol. The van der Waals surface area contributed by atoms with Gasteiger partial charge in [0.05, 0.1) is 23.3 Å². The molecule has 0 N–H and O–H groups in total. The standard InChI is InChI=1S/C15H11ClFN3S/c16-11-3-4-12-13(6-11)21-14(19-12)20-8-15(17,9-20)10-2-1-5-18-7-10/h1-7H,8-9H2. The molecule has 1 aromatic carbocycles. The van der Waals surface area contributed by atoms with Crippen LogP contribution in [0.2, 0.25) is 5.02 Å². The molecule has 106 valence electrons. The number of aromatic nitrogens is 2. The Hall–Kier alpha value is -1.72. The molecule has 0 atom stereocenters. The summed E-state index contributed by atoms with van der Waals surface area (Å²) in [4.78, 5) is 10.5. The first-order chi connectivity index (χ1) is 10.1. The molecule has 1 aliphatic rings. The van der Waals surface area contributed by atoms with Crippen molar-refractivity contribution in [2.75, 3.05) is 18.0 Å². The average Bonchev–Trinajstić information content (AvgIpc) is 2.87. The third-order valence-electron chi connectivity index (χ3n) is 3.67.